The molecule has 1 fully saturated rings. The number of piperazine rings is 1. The zero-order valence-electron chi connectivity index (χ0n) is 21.9. The Bertz CT molecular complexity index is 1640. The third-order valence-corrected chi connectivity index (χ3v) is 6.94. The molecule has 0 radical (unpaired) electrons. The van der Waals surface area contributed by atoms with Crippen molar-refractivity contribution in [2.75, 3.05) is 43.4 Å². The molecule has 0 bridgehead atoms. The van der Waals surface area contributed by atoms with Gasteiger partial charge in [-0.3, -0.25) is 4.98 Å². The smallest absolute Gasteiger partial charge is 0.432 e. The number of aromatic nitrogens is 5. The number of aryl methyl sites for hydroxylation is 1. The molecule has 3 aromatic heterocycles. The molecule has 1 aliphatic heterocycles. The fraction of sp³-hybridized carbons (Fsp3) is 0.250. The summed E-state index contributed by atoms with van der Waals surface area (Å²) < 4.78 is 46.7. The second kappa shape index (κ2) is 10.2. The molecule has 6 rings (SSSR count). The predicted molar refractivity (Wildman–Crippen MR) is 147 cm³/mol. The highest BCUT2D eigenvalue weighted by molar-refractivity contribution is 5.81. The Hall–Kier alpha value is -4.58. The summed E-state index contributed by atoms with van der Waals surface area (Å²) in [5.41, 5.74) is 3.08. The summed E-state index contributed by atoms with van der Waals surface area (Å²) in [5.74, 6) is 1.62. The molecule has 2 aromatic carbocycles. The second-order valence-electron chi connectivity index (χ2n) is 9.73. The van der Waals surface area contributed by atoms with Crippen molar-refractivity contribution in [2.24, 2.45) is 7.05 Å². The van der Waals surface area contributed by atoms with E-state index in [1.165, 1.54) is 18.0 Å². The van der Waals surface area contributed by atoms with E-state index >= 15 is 0 Å². The number of hydrogen-bond acceptors (Lipinski definition) is 7. The van der Waals surface area contributed by atoms with Crippen LogP contribution in [0.2, 0.25) is 0 Å². The third kappa shape index (κ3) is 5.30. The molecule has 0 amide bonds. The molecule has 2 N–H and O–H groups in total. The van der Waals surface area contributed by atoms with Crippen molar-refractivity contribution in [3.63, 3.8) is 0 Å². The summed E-state index contributed by atoms with van der Waals surface area (Å²) in [7, 11) is 4.08. The molecular formula is C28H27F3N8O. The Balaban J connectivity index is 1.17. The number of aromatic amines is 1. The average Bonchev–Trinajstić information content (AvgIpc) is 3.56. The lowest BCUT2D eigenvalue weighted by molar-refractivity contribution is -0.140. The SMILES string of the molecule is CN1CCN(c2ccc(Nc3nc4cc(Oc5ccnc(-c6ncc(C(F)(F)F)[nH]6)c5)ccc4n3C)cc2)CC1. The van der Waals surface area contributed by atoms with E-state index in [1.807, 2.05) is 29.8 Å². The van der Waals surface area contributed by atoms with Gasteiger partial charge in [-0.15, -0.1) is 0 Å². The van der Waals surface area contributed by atoms with Crippen LogP contribution in [0.4, 0.5) is 30.5 Å². The number of likely N-dealkylation sites (N-methyl/N-ethyl adjacent to an activating group) is 1. The number of nitrogens with one attached hydrogen (secondary N) is 2. The predicted octanol–water partition coefficient (Wildman–Crippen LogP) is 5.66. The quantitative estimate of drug-likeness (QED) is 0.283. The summed E-state index contributed by atoms with van der Waals surface area (Å²) >= 11 is 0. The topological polar surface area (TPSA) is 87.1 Å². The van der Waals surface area contributed by atoms with Gasteiger partial charge in [-0.2, -0.15) is 13.2 Å². The fourth-order valence-corrected chi connectivity index (χ4v) is 4.64. The number of ether oxygens (including phenoxy) is 1. The molecular weight excluding hydrogens is 521 g/mol. The first-order valence-electron chi connectivity index (χ1n) is 12.8. The number of rotatable bonds is 6. The zero-order valence-corrected chi connectivity index (χ0v) is 21.9. The van der Waals surface area contributed by atoms with Gasteiger partial charge in [0, 0.05) is 62.9 Å². The van der Waals surface area contributed by atoms with E-state index in [-0.39, 0.29) is 11.5 Å². The van der Waals surface area contributed by atoms with E-state index in [0.717, 1.165) is 49.1 Å². The minimum absolute atomic E-state index is 0.00485. The molecule has 0 unspecified atom stereocenters. The first kappa shape index (κ1) is 25.7. The second-order valence-corrected chi connectivity index (χ2v) is 9.73. The maximum absolute atomic E-state index is 12.9. The Morgan fingerprint density at radius 3 is 2.38 bits per heavy atom. The molecule has 12 heteroatoms. The Morgan fingerprint density at radius 1 is 0.900 bits per heavy atom. The van der Waals surface area contributed by atoms with Crippen molar-refractivity contribution < 1.29 is 17.9 Å². The van der Waals surface area contributed by atoms with Crippen LogP contribution >= 0.6 is 0 Å². The van der Waals surface area contributed by atoms with Gasteiger partial charge in [-0.1, -0.05) is 0 Å². The van der Waals surface area contributed by atoms with Gasteiger partial charge >= 0.3 is 6.18 Å². The summed E-state index contributed by atoms with van der Waals surface area (Å²) in [6.45, 7) is 4.14. The van der Waals surface area contributed by atoms with Crippen molar-refractivity contribution in [1.82, 2.24) is 29.4 Å². The molecule has 206 valence electrons. The maximum atomic E-state index is 12.9. The number of fused-ring (bicyclic) bond motifs is 1. The van der Waals surface area contributed by atoms with Crippen LogP contribution in [0, 0.1) is 0 Å². The van der Waals surface area contributed by atoms with Gasteiger partial charge in [0.2, 0.25) is 5.95 Å². The van der Waals surface area contributed by atoms with Crippen molar-refractivity contribution in [3.05, 3.63) is 72.7 Å². The van der Waals surface area contributed by atoms with Crippen LogP contribution in [0.25, 0.3) is 22.6 Å². The van der Waals surface area contributed by atoms with Crippen molar-refractivity contribution in [1.29, 1.82) is 0 Å². The maximum Gasteiger partial charge on any atom is 0.432 e. The number of pyridine rings is 1. The first-order chi connectivity index (χ1) is 19.2. The fourth-order valence-electron chi connectivity index (χ4n) is 4.64. The van der Waals surface area contributed by atoms with E-state index in [9.17, 15) is 13.2 Å². The number of benzene rings is 2. The van der Waals surface area contributed by atoms with Gasteiger partial charge in [0.05, 0.1) is 17.2 Å². The van der Waals surface area contributed by atoms with Crippen LogP contribution in [0.15, 0.2) is 67.0 Å². The summed E-state index contributed by atoms with van der Waals surface area (Å²) in [4.78, 5) is 19.6. The molecule has 0 aliphatic carbocycles. The summed E-state index contributed by atoms with van der Waals surface area (Å²) in [6, 6.07) is 17.0. The Labute approximate surface area is 228 Å². The van der Waals surface area contributed by atoms with Gasteiger partial charge in [0.1, 0.15) is 22.9 Å². The number of imidazole rings is 2. The Morgan fingerprint density at radius 2 is 1.65 bits per heavy atom. The lowest BCUT2D eigenvalue weighted by Crippen LogP contribution is -2.44. The van der Waals surface area contributed by atoms with Crippen LogP contribution in [-0.2, 0) is 13.2 Å². The van der Waals surface area contributed by atoms with E-state index in [4.69, 9.17) is 9.72 Å². The van der Waals surface area contributed by atoms with Gasteiger partial charge in [0.15, 0.2) is 5.82 Å². The average molecular weight is 549 g/mol. The number of anilines is 3. The van der Waals surface area contributed by atoms with Crippen molar-refractivity contribution in [2.45, 2.75) is 6.18 Å². The van der Waals surface area contributed by atoms with E-state index in [2.05, 4.69) is 61.4 Å². The number of hydrogen-bond donors (Lipinski definition) is 2. The molecule has 0 atom stereocenters. The number of alkyl halides is 3. The molecule has 4 heterocycles. The van der Waals surface area contributed by atoms with Crippen LogP contribution in [0.5, 0.6) is 11.5 Å². The largest absolute Gasteiger partial charge is 0.457 e. The van der Waals surface area contributed by atoms with E-state index in [1.54, 1.807) is 6.07 Å². The van der Waals surface area contributed by atoms with E-state index < -0.39 is 11.9 Å². The standard InChI is InChI=1S/C28H27F3N8O/c1-37-11-13-39(14-12-37)19-5-3-18(4-6-19)34-27-35-22-15-20(7-8-24(22)38(27)2)40-21-9-10-32-23(16-21)26-33-17-25(36-26)28(29,30)31/h3-10,15-17H,11-14H2,1-2H3,(H,33,36)(H,34,35). The zero-order chi connectivity index (χ0) is 27.9. The van der Waals surface area contributed by atoms with Gasteiger partial charge in [-0.05, 0) is 49.5 Å². The van der Waals surface area contributed by atoms with Crippen molar-refractivity contribution >= 4 is 28.4 Å². The summed E-state index contributed by atoms with van der Waals surface area (Å²) in [5, 5.41) is 3.39. The minimum Gasteiger partial charge on any atom is -0.457 e. The van der Waals surface area contributed by atoms with Gasteiger partial charge < -0.3 is 29.4 Å². The highest BCUT2D eigenvalue weighted by Gasteiger charge is 2.33. The molecule has 40 heavy (non-hydrogen) atoms. The van der Waals surface area contributed by atoms with Gasteiger partial charge in [0.25, 0.3) is 0 Å². The number of halogens is 3. The van der Waals surface area contributed by atoms with Crippen LogP contribution in [-0.4, -0.2) is 62.6 Å². The first-order valence-corrected chi connectivity index (χ1v) is 12.8. The monoisotopic (exact) mass is 548 g/mol. The number of H-pyrrole nitrogens is 1. The minimum atomic E-state index is -4.51. The molecule has 0 spiro atoms. The van der Waals surface area contributed by atoms with Crippen LogP contribution in [0.3, 0.4) is 0 Å². The molecule has 9 nitrogen and oxygen atoms in total. The molecule has 1 aliphatic rings. The van der Waals surface area contributed by atoms with Crippen LogP contribution in [0.1, 0.15) is 5.69 Å². The third-order valence-electron chi connectivity index (χ3n) is 6.94. The lowest BCUT2D eigenvalue weighted by atomic mass is 10.2. The lowest BCUT2D eigenvalue weighted by Gasteiger charge is -2.34. The van der Waals surface area contributed by atoms with Crippen LogP contribution < -0.4 is 15.0 Å². The molecule has 5 aromatic rings. The van der Waals surface area contributed by atoms with Crippen molar-refractivity contribution in [3.8, 4) is 23.0 Å². The number of nitrogens with zero attached hydrogens (tertiary/aromatic N) is 6. The van der Waals surface area contributed by atoms with E-state index in [0.29, 0.717) is 17.4 Å². The normalized spacial score (nSPS) is 14.6. The summed E-state index contributed by atoms with van der Waals surface area (Å²) in [6.07, 6.45) is -2.32. The highest BCUT2D eigenvalue weighted by Crippen LogP contribution is 2.32. The Kier molecular flexibility index (Phi) is 6.54. The molecule has 1 saturated heterocycles. The molecule has 0 saturated carbocycles. The highest BCUT2D eigenvalue weighted by atomic mass is 19.4. The van der Waals surface area contributed by atoms with Gasteiger partial charge in [-0.25, -0.2) is 9.97 Å².